The lowest BCUT2D eigenvalue weighted by Gasteiger charge is -2.12. The van der Waals surface area contributed by atoms with Crippen molar-refractivity contribution in [3.8, 4) is 22.4 Å². The van der Waals surface area contributed by atoms with Crippen molar-refractivity contribution in [1.82, 2.24) is 9.97 Å². The second kappa shape index (κ2) is 8.45. The molecule has 0 aliphatic rings. The molecule has 0 N–H and O–H groups in total. The van der Waals surface area contributed by atoms with E-state index in [4.69, 9.17) is 9.97 Å². The molecule has 0 fully saturated rings. The smallest absolute Gasteiger partial charge is 0.0979 e. The van der Waals surface area contributed by atoms with E-state index in [1.165, 1.54) is 53.2 Å². The van der Waals surface area contributed by atoms with Gasteiger partial charge in [-0.1, -0.05) is 96.1 Å². The Bertz CT molecular complexity index is 2240. The van der Waals surface area contributed by atoms with Crippen LogP contribution >= 0.6 is 11.3 Å². The first-order valence-electron chi connectivity index (χ1n) is 13.2. The maximum Gasteiger partial charge on any atom is 0.0979 e. The zero-order valence-corrected chi connectivity index (χ0v) is 22.5. The summed E-state index contributed by atoms with van der Waals surface area (Å²) in [6.07, 6.45) is 1.92. The minimum absolute atomic E-state index is 0.890. The molecule has 8 rings (SSSR count). The number of aryl methyl sites for hydroxylation is 2. The molecular weight excluding hydrogens is 492 g/mol. The topological polar surface area (TPSA) is 25.8 Å². The Morgan fingerprint density at radius 2 is 1.13 bits per heavy atom. The van der Waals surface area contributed by atoms with Crippen LogP contribution in [0.15, 0.2) is 109 Å². The Hall–Kier alpha value is -4.60. The van der Waals surface area contributed by atoms with E-state index in [1.807, 2.05) is 17.5 Å². The van der Waals surface area contributed by atoms with E-state index in [-0.39, 0.29) is 0 Å². The second-order valence-corrected chi connectivity index (χ2v) is 11.5. The Balaban J connectivity index is 1.25. The van der Waals surface area contributed by atoms with E-state index in [9.17, 15) is 0 Å². The quantitative estimate of drug-likeness (QED) is 0.214. The molecule has 2 heterocycles. The fourth-order valence-corrected chi connectivity index (χ4v) is 6.91. The van der Waals surface area contributed by atoms with Crippen LogP contribution < -0.4 is 0 Å². The molecule has 6 aromatic carbocycles. The lowest BCUT2D eigenvalue weighted by molar-refractivity contribution is 1.31. The van der Waals surface area contributed by atoms with Gasteiger partial charge in [0.15, 0.2) is 0 Å². The predicted octanol–water partition coefficient (Wildman–Crippen LogP) is 10.3. The van der Waals surface area contributed by atoms with Gasteiger partial charge in [-0.3, -0.25) is 4.98 Å². The summed E-state index contributed by atoms with van der Waals surface area (Å²) in [5.41, 5.74) is 8.80. The minimum Gasteiger partial charge on any atom is -0.252 e. The second-order valence-electron chi connectivity index (χ2n) is 10.4. The van der Waals surface area contributed by atoms with E-state index in [0.717, 1.165) is 33.1 Å². The normalized spacial score (nSPS) is 11.8. The Morgan fingerprint density at radius 3 is 1.90 bits per heavy atom. The molecule has 8 aromatic rings. The van der Waals surface area contributed by atoms with Gasteiger partial charge in [-0.15, -0.1) is 11.3 Å². The standard InChI is InChI=1S/C36H24N2S/c1-21-7-14-27-29(17-21)30-18-22(2)8-15-28(30)36-35(27)37-20-32(38-36)24-11-9-23(10-12-24)25-13-16-34-31(19-25)26-5-3-4-6-33(26)39-34/h3-20H,1-2H3. The summed E-state index contributed by atoms with van der Waals surface area (Å²) in [5, 5.41) is 7.42. The van der Waals surface area contributed by atoms with Crippen LogP contribution in [0.2, 0.25) is 0 Å². The van der Waals surface area contributed by atoms with Gasteiger partial charge in [0.25, 0.3) is 0 Å². The summed E-state index contributed by atoms with van der Waals surface area (Å²) in [6.45, 7) is 4.29. The Labute approximate surface area is 230 Å². The lowest BCUT2D eigenvalue weighted by Crippen LogP contribution is -1.93. The third kappa shape index (κ3) is 3.54. The molecular formula is C36H24N2S. The summed E-state index contributed by atoms with van der Waals surface area (Å²) in [7, 11) is 0. The minimum atomic E-state index is 0.890. The average molecular weight is 517 g/mol. The first-order chi connectivity index (χ1) is 19.1. The molecule has 0 atom stereocenters. The first kappa shape index (κ1) is 22.4. The molecule has 0 saturated carbocycles. The van der Waals surface area contributed by atoms with Gasteiger partial charge in [0, 0.05) is 36.5 Å². The zero-order valence-electron chi connectivity index (χ0n) is 21.7. The molecule has 0 amide bonds. The number of nitrogens with zero attached hydrogens (tertiary/aromatic N) is 2. The maximum absolute atomic E-state index is 5.19. The van der Waals surface area contributed by atoms with Crippen LogP contribution in [0, 0.1) is 13.8 Å². The van der Waals surface area contributed by atoms with E-state index >= 15 is 0 Å². The van der Waals surface area contributed by atoms with Crippen LogP contribution in [0.25, 0.3) is 75.1 Å². The zero-order chi connectivity index (χ0) is 26.1. The molecule has 0 spiro atoms. The lowest BCUT2D eigenvalue weighted by atomic mass is 9.96. The van der Waals surface area contributed by atoms with Gasteiger partial charge in [-0.25, -0.2) is 4.98 Å². The van der Waals surface area contributed by atoms with Crippen molar-refractivity contribution in [2.24, 2.45) is 0 Å². The molecule has 2 aromatic heterocycles. The van der Waals surface area contributed by atoms with Crippen molar-refractivity contribution < 1.29 is 0 Å². The predicted molar refractivity (Wildman–Crippen MR) is 168 cm³/mol. The number of thiophene rings is 1. The number of hydrogen-bond donors (Lipinski definition) is 0. The highest BCUT2D eigenvalue weighted by Crippen LogP contribution is 2.38. The average Bonchev–Trinajstić information content (AvgIpc) is 3.35. The fraction of sp³-hybridized carbons (Fsp3) is 0.0556. The molecule has 184 valence electrons. The molecule has 0 bridgehead atoms. The largest absolute Gasteiger partial charge is 0.252 e. The van der Waals surface area contributed by atoms with Crippen molar-refractivity contribution in [3.05, 3.63) is 120 Å². The van der Waals surface area contributed by atoms with E-state index in [2.05, 4.69) is 117 Å². The van der Waals surface area contributed by atoms with Crippen LogP contribution in [-0.4, -0.2) is 9.97 Å². The van der Waals surface area contributed by atoms with Crippen molar-refractivity contribution in [3.63, 3.8) is 0 Å². The highest BCUT2D eigenvalue weighted by molar-refractivity contribution is 7.25. The summed E-state index contributed by atoms with van der Waals surface area (Å²) in [6, 6.07) is 37.4. The van der Waals surface area contributed by atoms with Crippen LogP contribution in [0.4, 0.5) is 0 Å². The highest BCUT2D eigenvalue weighted by Gasteiger charge is 2.13. The van der Waals surface area contributed by atoms with Gasteiger partial charge in [0.1, 0.15) is 0 Å². The van der Waals surface area contributed by atoms with E-state index in [1.54, 1.807) is 0 Å². The molecule has 39 heavy (non-hydrogen) atoms. The summed E-state index contributed by atoms with van der Waals surface area (Å²) in [4.78, 5) is 10.1. The van der Waals surface area contributed by atoms with Gasteiger partial charge in [-0.05, 0) is 53.9 Å². The molecule has 0 saturated heterocycles. The third-order valence-electron chi connectivity index (χ3n) is 7.81. The van der Waals surface area contributed by atoms with Crippen molar-refractivity contribution >= 4 is 64.1 Å². The third-order valence-corrected chi connectivity index (χ3v) is 8.97. The van der Waals surface area contributed by atoms with E-state index < -0.39 is 0 Å². The van der Waals surface area contributed by atoms with Gasteiger partial charge < -0.3 is 0 Å². The number of rotatable bonds is 2. The Kier molecular flexibility index (Phi) is 4.85. The summed E-state index contributed by atoms with van der Waals surface area (Å²) in [5.74, 6) is 0. The van der Waals surface area contributed by atoms with Crippen LogP contribution in [0.5, 0.6) is 0 Å². The van der Waals surface area contributed by atoms with Crippen molar-refractivity contribution in [2.45, 2.75) is 13.8 Å². The number of aromatic nitrogens is 2. The van der Waals surface area contributed by atoms with Crippen LogP contribution in [-0.2, 0) is 0 Å². The fourth-order valence-electron chi connectivity index (χ4n) is 5.83. The van der Waals surface area contributed by atoms with Gasteiger partial charge in [-0.2, -0.15) is 0 Å². The number of hydrogen-bond acceptors (Lipinski definition) is 3. The molecule has 0 unspecified atom stereocenters. The van der Waals surface area contributed by atoms with Crippen molar-refractivity contribution in [1.29, 1.82) is 0 Å². The van der Waals surface area contributed by atoms with Crippen LogP contribution in [0.1, 0.15) is 11.1 Å². The Morgan fingerprint density at radius 1 is 0.487 bits per heavy atom. The van der Waals surface area contributed by atoms with Crippen LogP contribution in [0.3, 0.4) is 0 Å². The SMILES string of the molecule is Cc1ccc2c(c1)c1cc(C)ccc1c1nc(-c3ccc(-c4ccc5sc6ccccc6c5c4)cc3)cnc21. The molecule has 0 aliphatic heterocycles. The number of benzene rings is 6. The van der Waals surface area contributed by atoms with Crippen molar-refractivity contribution in [2.75, 3.05) is 0 Å². The van der Waals surface area contributed by atoms with E-state index in [0.29, 0.717) is 0 Å². The molecule has 0 aliphatic carbocycles. The highest BCUT2D eigenvalue weighted by atomic mass is 32.1. The molecule has 0 radical (unpaired) electrons. The van der Waals surface area contributed by atoms with Gasteiger partial charge >= 0.3 is 0 Å². The van der Waals surface area contributed by atoms with Gasteiger partial charge in [0.05, 0.1) is 22.9 Å². The van der Waals surface area contributed by atoms with Gasteiger partial charge in [0.2, 0.25) is 0 Å². The maximum atomic E-state index is 5.19. The summed E-state index contributed by atoms with van der Waals surface area (Å²) >= 11 is 1.85. The molecule has 2 nitrogen and oxygen atoms in total. The summed E-state index contributed by atoms with van der Waals surface area (Å²) < 4.78 is 2.66. The monoisotopic (exact) mass is 516 g/mol. The number of fused-ring (bicyclic) bond motifs is 9. The first-order valence-corrected chi connectivity index (χ1v) is 14.1. The molecule has 3 heteroatoms.